The van der Waals surface area contributed by atoms with E-state index < -0.39 is 11.6 Å². The molecule has 3 aliphatic heterocycles. The summed E-state index contributed by atoms with van der Waals surface area (Å²) >= 11 is 3.53. The highest BCUT2D eigenvalue weighted by Gasteiger charge is 2.53. The lowest BCUT2D eigenvalue weighted by Crippen LogP contribution is -2.68. The highest BCUT2D eigenvalue weighted by atomic mass is 32.2. The number of fused-ring (bicyclic) bond motifs is 1. The van der Waals surface area contributed by atoms with Gasteiger partial charge in [0.15, 0.2) is 0 Å². The smallest absolute Gasteiger partial charge is 0.355 e. The molecule has 3 rings (SSSR count). The number of amides is 1. The average molecular weight is 342 g/mol. The van der Waals surface area contributed by atoms with Gasteiger partial charge in [0.1, 0.15) is 22.7 Å². The molecule has 0 bridgehead atoms. The van der Waals surface area contributed by atoms with Gasteiger partial charge in [0.25, 0.3) is 0 Å². The lowest BCUT2D eigenvalue weighted by atomic mass is 10.0. The third kappa shape index (κ3) is 2.78. The summed E-state index contributed by atoms with van der Waals surface area (Å²) in [6.07, 6.45) is 2.22. The lowest BCUT2D eigenvalue weighted by Gasteiger charge is -2.49. The third-order valence-corrected chi connectivity index (χ3v) is 6.72. The molecule has 5 nitrogen and oxygen atoms in total. The van der Waals surface area contributed by atoms with Gasteiger partial charge in [-0.15, -0.1) is 11.8 Å². The van der Waals surface area contributed by atoms with Crippen molar-refractivity contribution in [2.45, 2.75) is 55.9 Å². The normalized spacial score (nSPS) is 31.9. The van der Waals surface area contributed by atoms with Crippen LogP contribution in [0.1, 0.15) is 33.6 Å². The van der Waals surface area contributed by atoms with Gasteiger partial charge in [-0.05, 0) is 44.9 Å². The van der Waals surface area contributed by atoms with E-state index in [2.05, 4.69) is 0 Å². The minimum absolute atomic E-state index is 0.120. The number of rotatable bonds is 2. The van der Waals surface area contributed by atoms with Crippen molar-refractivity contribution in [2.24, 2.45) is 5.73 Å². The molecule has 0 saturated carbocycles. The first kappa shape index (κ1) is 16.2. The van der Waals surface area contributed by atoms with Gasteiger partial charge >= 0.3 is 5.97 Å². The Bertz CT molecular complexity index is 535. The Hall–Kier alpha value is -0.660. The van der Waals surface area contributed by atoms with Gasteiger partial charge < -0.3 is 10.5 Å². The Labute approximate surface area is 139 Å². The van der Waals surface area contributed by atoms with Crippen molar-refractivity contribution in [1.82, 2.24) is 4.90 Å². The fourth-order valence-electron chi connectivity index (χ4n) is 2.95. The molecule has 7 heteroatoms. The van der Waals surface area contributed by atoms with E-state index >= 15 is 0 Å². The molecule has 0 radical (unpaired) electrons. The summed E-state index contributed by atoms with van der Waals surface area (Å²) < 4.78 is 5.55. The van der Waals surface area contributed by atoms with Crippen LogP contribution in [0.25, 0.3) is 0 Å². The minimum Gasteiger partial charge on any atom is -0.455 e. The molecule has 22 heavy (non-hydrogen) atoms. The Balaban J connectivity index is 1.95. The van der Waals surface area contributed by atoms with Crippen LogP contribution in [-0.4, -0.2) is 50.5 Å². The molecule has 2 saturated heterocycles. The molecule has 2 fully saturated rings. The Morgan fingerprint density at radius 1 is 1.36 bits per heavy atom. The number of carbonyl (C=O) groups is 2. The molecule has 0 aromatic rings. The average Bonchev–Trinajstić information content (AvgIpc) is 2.97. The number of hydrogen-bond donors (Lipinski definition) is 1. The third-order valence-electron chi connectivity index (χ3n) is 3.95. The first-order valence-corrected chi connectivity index (χ1v) is 9.67. The second-order valence-corrected chi connectivity index (χ2v) is 9.23. The number of carbonyl (C=O) groups excluding carboxylic acids is 2. The molecule has 1 unspecified atom stereocenters. The molecule has 3 atom stereocenters. The van der Waals surface area contributed by atoms with Crippen LogP contribution in [0.3, 0.4) is 0 Å². The SMILES string of the molecule is CC(C)(C)OC(=O)C1=C(C2CCCS2)CS[C@@H]2[C@H](N)C(=O)N12. The number of thioether (sulfide) groups is 2. The number of nitrogens with zero attached hydrogens (tertiary/aromatic N) is 1. The van der Waals surface area contributed by atoms with E-state index in [0.717, 1.165) is 29.9 Å². The van der Waals surface area contributed by atoms with Crippen LogP contribution >= 0.6 is 23.5 Å². The fourth-order valence-corrected chi connectivity index (χ4v) is 5.78. The molecule has 3 heterocycles. The zero-order chi connectivity index (χ0) is 16.1. The number of β-lactam (4-membered cyclic amide) rings is 1. The summed E-state index contributed by atoms with van der Waals surface area (Å²) in [7, 11) is 0. The van der Waals surface area contributed by atoms with Gasteiger partial charge in [-0.1, -0.05) is 0 Å². The molecule has 122 valence electrons. The van der Waals surface area contributed by atoms with E-state index in [1.165, 1.54) is 0 Å². The Morgan fingerprint density at radius 2 is 2.09 bits per heavy atom. The van der Waals surface area contributed by atoms with Crippen LogP contribution in [0.4, 0.5) is 0 Å². The first-order valence-electron chi connectivity index (χ1n) is 7.58. The highest BCUT2D eigenvalue weighted by molar-refractivity contribution is 8.01. The zero-order valence-corrected chi connectivity index (χ0v) is 14.8. The van der Waals surface area contributed by atoms with Crippen molar-refractivity contribution in [1.29, 1.82) is 0 Å². The van der Waals surface area contributed by atoms with E-state index in [-0.39, 0.29) is 17.3 Å². The van der Waals surface area contributed by atoms with Gasteiger partial charge in [0.2, 0.25) is 5.91 Å². The predicted molar refractivity (Wildman–Crippen MR) is 89.4 cm³/mol. The van der Waals surface area contributed by atoms with E-state index in [9.17, 15) is 9.59 Å². The number of nitrogens with two attached hydrogens (primary N) is 1. The van der Waals surface area contributed by atoms with Crippen LogP contribution in [-0.2, 0) is 14.3 Å². The summed E-state index contributed by atoms with van der Waals surface area (Å²) in [5.74, 6) is 1.31. The Morgan fingerprint density at radius 3 is 2.68 bits per heavy atom. The van der Waals surface area contributed by atoms with Crippen LogP contribution in [0.15, 0.2) is 11.3 Å². The maximum Gasteiger partial charge on any atom is 0.355 e. The number of esters is 1. The minimum atomic E-state index is -0.575. The quantitative estimate of drug-likeness (QED) is 0.608. The Kier molecular flexibility index (Phi) is 4.24. The largest absolute Gasteiger partial charge is 0.455 e. The lowest BCUT2D eigenvalue weighted by molar-refractivity contribution is -0.158. The van der Waals surface area contributed by atoms with Gasteiger partial charge in [-0.25, -0.2) is 4.79 Å². The summed E-state index contributed by atoms with van der Waals surface area (Å²) in [6, 6.07) is -0.500. The number of ether oxygens (including phenoxy) is 1. The van der Waals surface area contributed by atoms with E-state index in [1.807, 2.05) is 32.5 Å². The molecule has 1 amide bonds. The first-order chi connectivity index (χ1) is 10.3. The second-order valence-electron chi connectivity index (χ2n) is 6.81. The van der Waals surface area contributed by atoms with Crippen molar-refractivity contribution in [3.05, 3.63) is 11.3 Å². The van der Waals surface area contributed by atoms with Crippen LogP contribution < -0.4 is 5.73 Å². The van der Waals surface area contributed by atoms with Crippen molar-refractivity contribution >= 4 is 35.4 Å². The summed E-state index contributed by atoms with van der Waals surface area (Å²) in [6.45, 7) is 5.52. The molecular formula is C15H22N2O3S2. The molecule has 0 spiro atoms. The zero-order valence-electron chi connectivity index (χ0n) is 13.1. The van der Waals surface area contributed by atoms with Crippen molar-refractivity contribution in [3.63, 3.8) is 0 Å². The molecule has 2 N–H and O–H groups in total. The van der Waals surface area contributed by atoms with Crippen LogP contribution in [0.2, 0.25) is 0 Å². The summed E-state index contributed by atoms with van der Waals surface area (Å²) in [5.41, 5.74) is 6.81. The molecular weight excluding hydrogens is 320 g/mol. The van der Waals surface area contributed by atoms with Crippen LogP contribution in [0, 0.1) is 0 Å². The summed E-state index contributed by atoms with van der Waals surface area (Å²) in [4.78, 5) is 26.4. The molecule has 0 aromatic heterocycles. The van der Waals surface area contributed by atoms with Gasteiger partial charge in [-0.3, -0.25) is 9.69 Å². The number of hydrogen-bond acceptors (Lipinski definition) is 6. The maximum atomic E-state index is 12.7. The van der Waals surface area contributed by atoms with E-state index in [4.69, 9.17) is 10.5 Å². The molecule has 3 aliphatic rings. The second kappa shape index (κ2) is 5.76. The van der Waals surface area contributed by atoms with Gasteiger partial charge in [0.05, 0.1) is 0 Å². The molecule has 0 aliphatic carbocycles. The van der Waals surface area contributed by atoms with E-state index in [1.54, 1.807) is 16.7 Å². The van der Waals surface area contributed by atoms with Crippen molar-refractivity contribution in [3.8, 4) is 0 Å². The highest BCUT2D eigenvalue weighted by Crippen LogP contribution is 2.45. The summed E-state index contributed by atoms with van der Waals surface area (Å²) in [5, 5.41) is 0.200. The van der Waals surface area contributed by atoms with E-state index in [0.29, 0.717) is 10.9 Å². The molecule has 0 aromatic carbocycles. The van der Waals surface area contributed by atoms with Crippen LogP contribution in [0.5, 0.6) is 0 Å². The maximum absolute atomic E-state index is 12.7. The fraction of sp³-hybridized carbons (Fsp3) is 0.733. The predicted octanol–water partition coefficient (Wildman–Crippen LogP) is 1.72. The topological polar surface area (TPSA) is 72.6 Å². The van der Waals surface area contributed by atoms with Gasteiger partial charge in [-0.2, -0.15) is 11.8 Å². The van der Waals surface area contributed by atoms with Crippen molar-refractivity contribution < 1.29 is 14.3 Å². The van der Waals surface area contributed by atoms with Gasteiger partial charge in [0, 0.05) is 11.0 Å². The van der Waals surface area contributed by atoms with Crippen molar-refractivity contribution in [2.75, 3.05) is 11.5 Å². The standard InChI is InChI=1S/C15H22N2O3S2/c1-15(2,3)20-14(19)11-8(9-5-4-6-21-9)7-22-13-10(16)12(18)17(11)13/h9-10,13H,4-7,16H2,1-3H3/t9?,10-,13-/m1/s1. The monoisotopic (exact) mass is 342 g/mol.